The smallest absolute Gasteiger partial charge is 0.316 e. The average molecular weight is 365 g/mol. The van der Waals surface area contributed by atoms with Crippen molar-refractivity contribution in [3.8, 4) is 11.5 Å². The van der Waals surface area contributed by atoms with Crippen molar-refractivity contribution in [1.82, 2.24) is 4.98 Å². The third kappa shape index (κ3) is 5.04. The molecule has 26 heavy (non-hydrogen) atoms. The Morgan fingerprint density at radius 3 is 2.62 bits per heavy atom. The summed E-state index contributed by atoms with van der Waals surface area (Å²) in [5.41, 5.74) is 2.02. The number of nitrogens with zero attached hydrogens (tertiary/aromatic N) is 1. The highest BCUT2D eigenvalue weighted by molar-refractivity contribution is 7.10. The van der Waals surface area contributed by atoms with Gasteiger partial charge in [-0.05, 0) is 53.8 Å². The van der Waals surface area contributed by atoms with Crippen molar-refractivity contribution >= 4 is 29.5 Å². The molecule has 1 aromatic carbocycles. The first-order valence-corrected chi connectivity index (χ1v) is 9.20. The predicted molar refractivity (Wildman–Crippen MR) is 104 cm³/mol. The number of rotatable bonds is 7. The van der Waals surface area contributed by atoms with Crippen LogP contribution in [0.15, 0.2) is 60.2 Å². The summed E-state index contributed by atoms with van der Waals surface area (Å²) in [6, 6.07) is 13.2. The summed E-state index contributed by atoms with van der Waals surface area (Å²) in [6.07, 6.45) is 7.74. The molecule has 0 spiro atoms. The second kappa shape index (κ2) is 8.97. The fraction of sp³-hybridized carbons (Fsp3) is 0.143. The maximum absolute atomic E-state index is 12.1. The fourth-order valence-electron chi connectivity index (χ4n) is 2.36. The summed E-state index contributed by atoms with van der Waals surface area (Å²) in [5.74, 6) is 0.701. The Bertz CT molecular complexity index is 874. The molecule has 0 saturated heterocycles. The SMILES string of the molecule is CCOc1cc(/C=C/c2ccncc2)ccc1OC(=O)Cc1cccs1. The van der Waals surface area contributed by atoms with Crippen LogP contribution in [0.4, 0.5) is 0 Å². The van der Waals surface area contributed by atoms with Crippen LogP contribution in [-0.4, -0.2) is 17.6 Å². The van der Waals surface area contributed by atoms with Gasteiger partial charge < -0.3 is 9.47 Å². The molecule has 0 aliphatic rings. The van der Waals surface area contributed by atoms with Crippen molar-refractivity contribution in [1.29, 1.82) is 0 Å². The molecule has 0 bridgehead atoms. The van der Waals surface area contributed by atoms with E-state index in [0.717, 1.165) is 16.0 Å². The van der Waals surface area contributed by atoms with Crippen LogP contribution in [-0.2, 0) is 11.2 Å². The highest BCUT2D eigenvalue weighted by Crippen LogP contribution is 2.30. The number of hydrogen-bond acceptors (Lipinski definition) is 5. The van der Waals surface area contributed by atoms with Gasteiger partial charge in [-0.15, -0.1) is 11.3 Å². The molecule has 5 heteroatoms. The Labute approximate surface area is 156 Å². The van der Waals surface area contributed by atoms with Gasteiger partial charge in [0.1, 0.15) is 0 Å². The Kier molecular flexibility index (Phi) is 6.17. The number of ether oxygens (including phenoxy) is 2. The summed E-state index contributed by atoms with van der Waals surface area (Å²) in [5, 5.41) is 1.94. The summed E-state index contributed by atoms with van der Waals surface area (Å²) < 4.78 is 11.1. The molecule has 0 amide bonds. The zero-order chi connectivity index (χ0) is 18.2. The van der Waals surface area contributed by atoms with Gasteiger partial charge in [0.2, 0.25) is 0 Å². The molecule has 0 aliphatic carbocycles. The van der Waals surface area contributed by atoms with E-state index in [9.17, 15) is 4.79 Å². The predicted octanol–water partition coefficient (Wildman–Crippen LogP) is 4.86. The van der Waals surface area contributed by atoms with Gasteiger partial charge in [-0.3, -0.25) is 9.78 Å². The lowest BCUT2D eigenvalue weighted by Gasteiger charge is -2.11. The van der Waals surface area contributed by atoms with E-state index >= 15 is 0 Å². The van der Waals surface area contributed by atoms with Crippen LogP contribution in [0, 0.1) is 0 Å². The van der Waals surface area contributed by atoms with Crippen LogP contribution in [0.2, 0.25) is 0 Å². The minimum atomic E-state index is -0.298. The molecule has 0 aliphatic heterocycles. The lowest BCUT2D eigenvalue weighted by Crippen LogP contribution is -2.11. The van der Waals surface area contributed by atoms with E-state index in [4.69, 9.17) is 9.47 Å². The highest BCUT2D eigenvalue weighted by atomic mass is 32.1. The molecule has 0 fully saturated rings. The molecule has 0 radical (unpaired) electrons. The lowest BCUT2D eigenvalue weighted by atomic mass is 10.1. The van der Waals surface area contributed by atoms with E-state index in [0.29, 0.717) is 18.1 Å². The minimum absolute atomic E-state index is 0.257. The number of carbonyl (C=O) groups is 1. The molecule has 0 N–H and O–H groups in total. The van der Waals surface area contributed by atoms with Gasteiger partial charge in [-0.25, -0.2) is 0 Å². The van der Waals surface area contributed by atoms with E-state index in [1.807, 2.05) is 60.9 Å². The zero-order valence-electron chi connectivity index (χ0n) is 14.4. The topological polar surface area (TPSA) is 48.4 Å². The lowest BCUT2D eigenvalue weighted by molar-refractivity contribution is -0.133. The number of hydrogen-bond donors (Lipinski definition) is 0. The summed E-state index contributed by atoms with van der Waals surface area (Å²) in [4.78, 5) is 17.1. The molecule has 0 atom stereocenters. The van der Waals surface area contributed by atoms with Crippen molar-refractivity contribution < 1.29 is 14.3 Å². The first-order valence-electron chi connectivity index (χ1n) is 8.32. The van der Waals surface area contributed by atoms with Crippen molar-refractivity contribution in [3.05, 3.63) is 76.2 Å². The second-order valence-corrected chi connectivity index (χ2v) is 6.52. The zero-order valence-corrected chi connectivity index (χ0v) is 15.2. The average Bonchev–Trinajstić information content (AvgIpc) is 3.16. The summed E-state index contributed by atoms with van der Waals surface area (Å²) >= 11 is 1.54. The number of thiophene rings is 1. The molecule has 0 saturated carbocycles. The van der Waals surface area contributed by atoms with Crippen LogP contribution < -0.4 is 9.47 Å². The van der Waals surface area contributed by atoms with E-state index in [2.05, 4.69) is 4.98 Å². The summed E-state index contributed by atoms with van der Waals surface area (Å²) in [6.45, 7) is 2.39. The quantitative estimate of drug-likeness (QED) is 0.443. The third-order valence-corrected chi connectivity index (χ3v) is 4.44. The number of aromatic nitrogens is 1. The van der Waals surface area contributed by atoms with E-state index < -0.39 is 0 Å². The van der Waals surface area contributed by atoms with Gasteiger partial charge >= 0.3 is 5.97 Å². The largest absolute Gasteiger partial charge is 0.490 e. The van der Waals surface area contributed by atoms with Crippen molar-refractivity contribution in [2.45, 2.75) is 13.3 Å². The Morgan fingerprint density at radius 1 is 1.08 bits per heavy atom. The van der Waals surface area contributed by atoms with Gasteiger partial charge in [0.05, 0.1) is 13.0 Å². The van der Waals surface area contributed by atoms with Gasteiger partial charge in [-0.1, -0.05) is 24.3 Å². The molecule has 2 aromatic heterocycles. The van der Waals surface area contributed by atoms with Crippen LogP contribution in [0.1, 0.15) is 22.9 Å². The van der Waals surface area contributed by atoms with Crippen molar-refractivity contribution in [3.63, 3.8) is 0 Å². The number of esters is 1. The first-order chi connectivity index (χ1) is 12.7. The molecule has 2 heterocycles. The number of benzene rings is 1. The maximum atomic E-state index is 12.1. The first kappa shape index (κ1) is 17.9. The Hall–Kier alpha value is -2.92. The minimum Gasteiger partial charge on any atom is -0.490 e. The van der Waals surface area contributed by atoms with Crippen LogP contribution in [0.3, 0.4) is 0 Å². The van der Waals surface area contributed by atoms with E-state index in [1.54, 1.807) is 18.5 Å². The standard InChI is InChI=1S/C21H19NO3S/c1-2-24-20-14-17(6-5-16-9-11-22-12-10-16)7-8-19(20)25-21(23)15-18-4-3-13-26-18/h3-14H,2,15H2,1H3/b6-5+. The van der Waals surface area contributed by atoms with Gasteiger partial charge in [0.15, 0.2) is 11.5 Å². The van der Waals surface area contributed by atoms with Crippen LogP contribution in [0.25, 0.3) is 12.2 Å². The third-order valence-electron chi connectivity index (χ3n) is 3.56. The molecular weight excluding hydrogens is 346 g/mol. The monoisotopic (exact) mass is 365 g/mol. The van der Waals surface area contributed by atoms with Gasteiger partial charge in [0.25, 0.3) is 0 Å². The second-order valence-electron chi connectivity index (χ2n) is 5.48. The summed E-state index contributed by atoms with van der Waals surface area (Å²) in [7, 11) is 0. The number of pyridine rings is 1. The maximum Gasteiger partial charge on any atom is 0.316 e. The van der Waals surface area contributed by atoms with Crippen LogP contribution in [0.5, 0.6) is 11.5 Å². The Morgan fingerprint density at radius 2 is 1.88 bits per heavy atom. The molecule has 0 unspecified atom stereocenters. The molecule has 132 valence electrons. The van der Waals surface area contributed by atoms with E-state index in [-0.39, 0.29) is 12.4 Å². The number of carbonyl (C=O) groups excluding carboxylic acids is 1. The normalized spacial score (nSPS) is 10.8. The van der Waals surface area contributed by atoms with Crippen molar-refractivity contribution in [2.75, 3.05) is 6.61 Å². The van der Waals surface area contributed by atoms with E-state index in [1.165, 1.54) is 11.3 Å². The highest BCUT2D eigenvalue weighted by Gasteiger charge is 2.12. The molecule has 3 aromatic rings. The Balaban J connectivity index is 1.73. The molecular formula is C21H19NO3S. The van der Waals surface area contributed by atoms with Crippen molar-refractivity contribution in [2.24, 2.45) is 0 Å². The van der Waals surface area contributed by atoms with Gasteiger partial charge in [0, 0.05) is 17.3 Å². The molecule has 4 nitrogen and oxygen atoms in total. The molecule has 3 rings (SSSR count). The van der Waals surface area contributed by atoms with Crippen LogP contribution >= 0.6 is 11.3 Å². The fourth-order valence-corrected chi connectivity index (χ4v) is 3.05. The van der Waals surface area contributed by atoms with Gasteiger partial charge in [-0.2, -0.15) is 0 Å².